The number of hydrogen-bond acceptors (Lipinski definition) is 2. The number of amides is 1. The molecular formula is C25H25FN2O. The number of carbonyl (C=O) groups excluding carboxylic acids is 1. The minimum absolute atomic E-state index is 0.0870. The summed E-state index contributed by atoms with van der Waals surface area (Å²) in [6, 6.07) is 20.8. The van der Waals surface area contributed by atoms with Crippen LogP contribution in [0.5, 0.6) is 0 Å². The highest BCUT2D eigenvalue weighted by molar-refractivity contribution is 5.97. The third-order valence-electron chi connectivity index (χ3n) is 5.43. The maximum absolute atomic E-state index is 13.4. The van der Waals surface area contributed by atoms with Gasteiger partial charge in [-0.3, -0.25) is 4.79 Å². The molecule has 1 aliphatic heterocycles. The highest BCUT2D eigenvalue weighted by atomic mass is 19.1. The van der Waals surface area contributed by atoms with E-state index in [-0.39, 0.29) is 11.7 Å². The van der Waals surface area contributed by atoms with Crippen molar-refractivity contribution < 1.29 is 9.18 Å². The maximum atomic E-state index is 13.4. The summed E-state index contributed by atoms with van der Waals surface area (Å²) in [6.07, 6.45) is 2.24. The smallest absolute Gasteiger partial charge is 0.251 e. The molecule has 1 saturated heterocycles. The van der Waals surface area contributed by atoms with Gasteiger partial charge in [-0.25, -0.2) is 4.39 Å². The number of rotatable bonds is 5. The van der Waals surface area contributed by atoms with E-state index in [1.54, 1.807) is 12.1 Å². The van der Waals surface area contributed by atoms with E-state index in [1.165, 1.54) is 17.7 Å². The first-order valence-corrected chi connectivity index (χ1v) is 10.1. The molecule has 29 heavy (non-hydrogen) atoms. The summed E-state index contributed by atoms with van der Waals surface area (Å²) in [6.45, 7) is 3.69. The molecule has 3 aromatic rings. The van der Waals surface area contributed by atoms with Gasteiger partial charge in [0.25, 0.3) is 5.91 Å². The van der Waals surface area contributed by atoms with Crippen molar-refractivity contribution >= 4 is 5.91 Å². The van der Waals surface area contributed by atoms with Crippen LogP contribution in [0.3, 0.4) is 0 Å². The van der Waals surface area contributed by atoms with Crippen molar-refractivity contribution in [3.05, 3.63) is 83.7 Å². The van der Waals surface area contributed by atoms with Crippen molar-refractivity contribution in [2.75, 3.05) is 13.1 Å². The number of nitrogens with one attached hydrogen (secondary N) is 2. The lowest BCUT2D eigenvalue weighted by atomic mass is 9.95. The molecule has 0 unspecified atom stereocenters. The average molecular weight is 388 g/mol. The van der Waals surface area contributed by atoms with Crippen molar-refractivity contribution in [3.8, 4) is 22.3 Å². The number of carbonyl (C=O) groups is 1. The lowest BCUT2D eigenvalue weighted by Crippen LogP contribution is -2.37. The van der Waals surface area contributed by atoms with Crippen LogP contribution < -0.4 is 10.6 Å². The van der Waals surface area contributed by atoms with E-state index in [9.17, 15) is 9.18 Å². The molecule has 3 aromatic carbocycles. The average Bonchev–Trinajstić information content (AvgIpc) is 3.26. The maximum Gasteiger partial charge on any atom is 0.251 e. The normalized spacial score (nSPS) is 16.0. The molecule has 4 rings (SSSR count). The van der Waals surface area contributed by atoms with E-state index in [4.69, 9.17) is 0 Å². The predicted octanol–water partition coefficient (Wildman–Crippen LogP) is 4.95. The molecule has 2 N–H and O–H groups in total. The quantitative estimate of drug-likeness (QED) is 0.649. The zero-order chi connectivity index (χ0) is 20.2. The molecule has 1 aliphatic rings. The van der Waals surface area contributed by atoms with Crippen LogP contribution >= 0.6 is 0 Å². The number of benzene rings is 3. The van der Waals surface area contributed by atoms with Crippen molar-refractivity contribution in [3.63, 3.8) is 0 Å². The standard InChI is InChI=1S/C25H25FN2O/c1-17-4-6-18(7-5-17)20-13-21(19-8-10-23(26)11-9-19)15-22(14-20)25(29)28-16-24-3-2-12-27-24/h4-11,13-15,24,27H,2-3,12,16H2,1H3,(H,28,29)/t24-/m0/s1. The molecule has 0 bridgehead atoms. The van der Waals surface area contributed by atoms with Gasteiger partial charge in [0.1, 0.15) is 5.82 Å². The van der Waals surface area contributed by atoms with Crippen LogP contribution in [0.1, 0.15) is 28.8 Å². The molecule has 148 valence electrons. The second-order valence-electron chi connectivity index (χ2n) is 7.68. The van der Waals surface area contributed by atoms with Gasteiger partial charge in [0.15, 0.2) is 0 Å². The predicted molar refractivity (Wildman–Crippen MR) is 115 cm³/mol. The number of halogens is 1. The molecule has 0 saturated carbocycles. The summed E-state index contributed by atoms with van der Waals surface area (Å²) in [5.74, 6) is -0.360. The van der Waals surface area contributed by atoms with Crippen molar-refractivity contribution in [2.45, 2.75) is 25.8 Å². The second-order valence-corrected chi connectivity index (χ2v) is 7.68. The summed E-state index contributed by atoms with van der Waals surface area (Å²) in [4.78, 5) is 12.9. The minimum Gasteiger partial charge on any atom is -0.350 e. The molecule has 4 heteroatoms. The highest BCUT2D eigenvalue weighted by Crippen LogP contribution is 2.29. The van der Waals surface area contributed by atoms with Gasteiger partial charge in [-0.05, 0) is 78.9 Å². The number of hydrogen-bond donors (Lipinski definition) is 2. The third-order valence-corrected chi connectivity index (χ3v) is 5.43. The molecule has 3 nitrogen and oxygen atoms in total. The molecular weight excluding hydrogens is 363 g/mol. The fraction of sp³-hybridized carbons (Fsp3) is 0.240. The Kier molecular flexibility index (Phi) is 5.72. The largest absolute Gasteiger partial charge is 0.350 e. The van der Waals surface area contributed by atoms with Gasteiger partial charge in [0, 0.05) is 18.2 Å². The first kappa shape index (κ1) is 19.3. The lowest BCUT2D eigenvalue weighted by molar-refractivity contribution is 0.0950. The van der Waals surface area contributed by atoms with Gasteiger partial charge in [0.2, 0.25) is 0 Å². The first-order valence-electron chi connectivity index (χ1n) is 10.1. The van der Waals surface area contributed by atoms with Crippen LogP contribution in [0, 0.1) is 12.7 Å². The van der Waals surface area contributed by atoms with Crippen molar-refractivity contribution in [1.29, 1.82) is 0 Å². The van der Waals surface area contributed by atoms with Crippen molar-refractivity contribution in [1.82, 2.24) is 10.6 Å². The Bertz CT molecular complexity index is 927. The van der Waals surface area contributed by atoms with E-state index in [2.05, 4.69) is 41.8 Å². The fourth-order valence-electron chi connectivity index (χ4n) is 3.73. The van der Waals surface area contributed by atoms with E-state index in [1.807, 2.05) is 18.2 Å². The zero-order valence-electron chi connectivity index (χ0n) is 16.5. The molecule has 0 radical (unpaired) electrons. The Labute approximate surface area is 171 Å². The van der Waals surface area contributed by atoms with Crippen LogP contribution in [0.4, 0.5) is 4.39 Å². The SMILES string of the molecule is Cc1ccc(-c2cc(C(=O)NC[C@@H]3CCCN3)cc(-c3ccc(F)cc3)c2)cc1. The van der Waals surface area contributed by atoms with E-state index < -0.39 is 0 Å². The van der Waals surface area contributed by atoms with E-state index in [0.29, 0.717) is 18.2 Å². The van der Waals surface area contributed by atoms with E-state index in [0.717, 1.165) is 41.6 Å². The van der Waals surface area contributed by atoms with Crippen LogP contribution in [0.15, 0.2) is 66.7 Å². The summed E-state index contributed by atoms with van der Waals surface area (Å²) in [5, 5.41) is 6.45. The Hall–Kier alpha value is -2.98. The second kappa shape index (κ2) is 8.58. The minimum atomic E-state index is -0.273. The summed E-state index contributed by atoms with van der Waals surface area (Å²) in [7, 11) is 0. The van der Waals surface area contributed by atoms with Gasteiger partial charge >= 0.3 is 0 Å². The molecule has 1 amide bonds. The van der Waals surface area contributed by atoms with Crippen LogP contribution in [-0.4, -0.2) is 25.0 Å². The number of aryl methyl sites for hydroxylation is 1. The Morgan fingerprint density at radius 2 is 1.59 bits per heavy atom. The Morgan fingerprint density at radius 1 is 0.966 bits per heavy atom. The monoisotopic (exact) mass is 388 g/mol. The zero-order valence-corrected chi connectivity index (χ0v) is 16.5. The van der Waals surface area contributed by atoms with Gasteiger partial charge in [-0.1, -0.05) is 42.0 Å². The Morgan fingerprint density at radius 3 is 2.17 bits per heavy atom. The molecule has 1 atom stereocenters. The van der Waals surface area contributed by atoms with Gasteiger partial charge < -0.3 is 10.6 Å². The summed E-state index contributed by atoms with van der Waals surface area (Å²) >= 11 is 0. The van der Waals surface area contributed by atoms with Gasteiger partial charge in [-0.15, -0.1) is 0 Å². The van der Waals surface area contributed by atoms with Crippen LogP contribution in [0.2, 0.25) is 0 Å². The molecule has 0 aromatic heterocycles. The van der Waals surface area contributed by atoms with Gasteiger partial charge in [-0.2, -0.15) is 0 Å². The summed E-state index contributed by atoms with van der Waals surface area (Å²) < 4.78 is 13.4. The third kappa shape index (κ3) is 4.72. The topological polar surface area (TPSA) is 41.1 Å². The van der Waals surface area contributed by atoms with Crippen molar-refractivity contribution in [2.24, 2.45) is 0 Å². The van der Waals surface area contributed by atoms with E-state index >= 15 is 0 Å². The van der Waals surface area contributed by atoms with Crippen LogP contribution in [-0.2, 0) is 0 Å². The first-order chi connectivity index (χ1) is 14.1. The Balaban J connectivity index is 1.68. The fourth-order valence-corrected chi connectivity index (χ4v) is 3.73. The molecule has 0 spiro atoms. The van der Waals surface area contributed by atoms with Gasteiger partial charge in [0.05, 0.1) is 0 Å². The highest BCUT2D eigenvalue weighted by Gasteiger charge is 2.16. The molecule has 0 aliphatic carbocycles. The lowest BCUT2D eigenvalue weighted by Gasteiger charge is -2.14. The molecule has 1 heterocycles. The molecule has 1 fully saturated rings. The summed E-state index contributed by atoms with van der Waals surface area (Å²) in [5.41, 5.74) is 5.59. The van der Waals surface area contributed by atoms with Crippen LogP contribution in [0.25, 0.3) is 22.3 Å².